The van der Waals surface area contributed by atoms with Gasteiger partial charge in [-0.3, -0.25) is 0 Å². The topological polar surface area (TPSA) is 121 Å². The molecule has 0 rings (SSSR count). The average molecular weight is 252 g/mol. The Labute approximate surface area is 101 Å². The molecule has 104 valence electrons. The Morgan fingerprint density at radius 3 is 2.06 bits per heavy atom. The minimum absolute atomic E-state index is 0.00155. The lowest BCUT2D eigenvalue weighted by Gasteiger charge is -2.34. The molecule has 0 aliphatic rings. The molecule has 0 fully saturated rings. The maximum atomic E-state index is 10.2. The summed E-state index contributed by atoms with van der Waals surface area (Å²) in [6.45, 7) is 0.797. The lowest BCUT2D eigenvalue weighted by atomic mass is 9.84. The Morgan fingerprint density at radius 1 is 1.06 bits per heavy atom. The number of aliphatic hydroxyl groups is 6. The maximum absolute atomic E-state index is 10.2. The number of rotatable bonds is 9. The summed E-state index contributed by atoms with van der Waals surface area (Å²) in [6.07, 6.45) is -2.84. The fourth-order valence-electron chi connectivity index (χ4n) is 1.82. The molecular formula is C11H24O6. The summed E-state index contributed by atoms with van der Waals surface area (Å²) in [5, 5.41) is 55.9. The Balaban J connectivity index is 4.48. The van der Waals surface area contributed by atoms with Gasteiger partial charge < -0.3 is 30.6 Å². The van der Waals surface area contributed by atoms with E-state index in [2.05, 4.69) is 0 Å². The van der Waals surface area contributed by atoms with Crippen molar-refractivity contribution >= 4 is 0 Å². The van der Waals surface area contributed by atoms with Crippen LogP contribution in [0.5, 0.6) is 0 Å². The van der Waals surface area contributed by atoms with Gasteiger partial charge in [0.05, 0.1) is 30.5 Å². The van der Waals surface area contributed by atoms with Crippen LogP contribution in [0.2, 0.25) is 0 Å². The molecule has 6 heteroatoms. The van der Waals surface area contributed by atoms with E-state index in [-0.39, 0.29) is 32.3 Å². The fraction of sp³-hybridized carbons (Fsp3) is 1.00. The highest BCUT2D eigenvalue weighted by Crippen LogP contribution is 2.26. The van der Waals surface area contributed by atoms with Crippen molar-refractivity contribution in [1.29, 1.82) is 0 Å². The molecule has 4 atom stereocenters. The first-order valence-electron chi connectivity index (χ1n) is 5.84. The van der Waals surface area contributed by atoms with Gasteiger partial charge in [0.15, 0.2) is 0 Å². The zero-order valence-electron chi connectivity index (χ0n) is 10.2. The third-order valence-corrected chi connectivity index (χ3v) is 2.79. The first kappa shape index (κ1) is 16.8. The van der Waals surface area contributed by atoms with Crippen molar-refractivity contribution in [3.8, 4) is 0 Å². The molecule has 0 amide bonds. The molecule has 0 aromatic carbocycles. The first-order chi connectivity index (χ1) is 7.85. The SMILES string of the molecule is CC(O)CC(O)(CCC(O)CO)C(O)CCO. The van der Waals surface area contributed by atoms with Crippen molar-refractivity contribution in [2.45, 2.75) is 56.5 Å². The second-order valence-corrected chi connectivity index (χ2v) is 4.56. The second kappa shape index (κ2) is 7.97. The van der Waals surface area contributed by atoms with Gasteiger partial charge in [0.1, 0.15) is 0 Å². The second-order valence-electron chi connectivity index (χ2n) is 4.56. The Hall–Kier alpha value is -0.240. The van der Waals surface area contributed by atoms with Gasteiger partial charge in [-0.15, -0.1) is 0 Å². The molecule has 4 unspecified atom stereocenters. The molecule has 0 saturated heterocycles. The molecule has 0 bridgehead atoms. The van der Waals surface area contributed by atoms with Crippen molar-refractivity contribution in [1.82, 2.24) is 0 Å². The highest BCUT2D eigenvalue weighted by Gasteiger charge is 2.36. The third-order valence-electron chi connectivity index (χ3n) is 2.79. The molecule has 0 aliphatic heterocycles. The van der Waals surface area contributed by atoms with E-state index in [9.17, 15) is 20.4 Å². The van der Waals surface area contributed by atoms with Crippen molar-refractivity contribution in [2.75, 3.05) is 13.2 Å². The Morgan fingerprint density at radius 2 is 1.65 bits per heavy atom. The highest BCUT2D eigenvalue weighted by molar-refractivity contribution is 4.88. The lowest BCUT2D eigenvalue weighted by molar-refractivity contribution is -0.114. The van der Waals surface area contributed by atoms with Crippen LogP contribution in [0, 0.1) is 0 Å². The van der Waals surface area contributed by atoms with Gasteiger partial charge in [0.2, 0.25) is 0 Å². The predicted octanol–water partition coefficient (Wildman–Crippen LogP) is -1.63. The third kappa shape index (κ3) is 6.30. The summed E-state index contributed by atoms with van der Waals surface area (Å²) in [6, 6.07) is 0. The van der Waals surface area contributed by atoms with Crippen LogP contribution in [0.25, 0.3) is 0 Å². The van der Waals surface area contributed by atoms with E-state index in [0.29, 0.717) is 0 Å². The standard InChI is InChI=1S/C11H24O6/c1-8(14)6-11(17,10(16)3-5-12)4-2-9(15)7-13/h8-10,12-17H,2-7H2,1H3. The normalized spacial score (nSPS) is 20.6. The quantitative estimate of drug-likeness (QED) is 0.293. The van der Waals surface area contributed by atoms with Crippen LogP contribution in [0.4, 0.5) is 0 Å². The van der Waals surface area contributed by atoms with E-state index in [1.54, 1.807) is 0 Å². The van der Waals surface area contributed by atoms with Gasteiger partial charge in [-0.25, -0.2) is 0 Å². The smallest absolute Gasteiger partial charge is 0.0931 e. The molecule has 0 aliphatic carbocycles. The first-order valence-corrected chi connectivity index (χ1v) is 5.84. The zero-order chi connectivity index (χ0) is 13.5. The minimum Gasteiger partial charge on any atom is -0.396 e. The molecule has 0 aromatic rings. The molecule has 0 radical (unpaired) electrons. The van der Waals surface area contributed by atoms with Crippen LogP contribution in [0.15, 0.2) is 0 Å². The van der Waals surface area contributed by atoms with E-state index in [4.69, 9.17) is 10.2 Å². The summed E-state index contributed by atoms with van der Waals surface area (Å²) in [7, 11) is 0. The van der Waals surface area contributed by atoms with Gasteiger partial charge in [0, 0.05) is 13.0 Å². The van der Waals surface area contributed by atoms with Gasteiger partial charge in [-0.1, -0.05) is 0 Å². The van der Waals surface area contributed by atoms with Gasteiger partial charge in [-0.05, 0) is 26.2 Å². The van der Waals surface area contributed by atoms with Crippen molar-refractivity contribution < 1.29 is 30.6 Å². The summed E-state index contributed by atoms with van der Waals surface area (Å²) in [4.78, 5) is 0. The highest BCUT2D eigenvalue weighted by atomic mass is 16.3. The number of hydrogen-bond acceptors (Lipinski definition) is 6. The van der Waals surface area contributed by atoms with E-state index >= 15 is 0 Å². The number of aliphatic hydroxyl groups excluding tert-OH is 5. The lowest BCUT2D eigenvalue weighted by Crippen LogP contribution is -2.45. The van der Waals surface area contributed by atoms with Crippen molar-refractivity contribution in [2.24, 2.45) is 0 Å². The molecule has 6 N–H and O–H groups in total. The molecule has 6 nitrogen and oxygen atoms in total. The summed E-state index contributed by atoms with van der Waals surface area (Å²) in [5.74, 6) is 0. The van der Waals surface area contributed by atoms with Crippen LogP contribution in [-0.2, 0) is 0 Å². The molecular weight excluding hydrogens is 228 g/mol. The molecule has 0 heterocycles. The van der Waals surface area contributed by atoms with E-state index in [1.807, 2.05) is 0 Å². The van der Waals surface area contributed by atoms with Crippen LogP contribution in [0.1, 0.15) is 32.6 Å². The monoisotopic (exact) mass is 252 g/mol. The van der Waals surface area contributed by atoms with Crippen LogP contribution >= 0.6 is 0 Å². The summed E-state index contributed by atoms with van der Waals surface area (Å²) in [5.41, 5.74) is -1.56. The fourth-order valence-corrected chi connectivity index (χ4v) is 1.82. The largest absolute Gasteiger partial charge is 0.396 e. The van der Waals surface area contributed by atoms with Gasteiger partial charge in [0.25, 0.3) is 0 Å². The van der Waals surface area contributed by atoms with Crippen molar-refractivity contribution in [3.05, 3.63) is 0 Å². The summed E-state index contributed by atoms with van der Waals surface area (Å²) >= 11 is 0. The van der Waals surface area contributed by atoms with Crippen molar-refractivity contribution in [3.63, 3.8) is 0 Å². The molecule has 0 spiro atoms. The van der Waals surface area contributed by atoms with Gasteiger partial charge in [-0.2, -0.15) is 0 Å². The van der Waals surface area contributed by atoms with Crippen LogP contribution < -0.4 is 0 Å². The van der Waals surface area contributed by atoms with E-state index < -0.39 is 30.5 Å². The Bertz CT molecular complexity index is 198. The molecule has 0 saturated carbocycles. The van der Waals surface area contributed by atoms with Gasteiger partial charge >= 0.3 is 0 Å². The Kier molecular flexibility index (Phi) is 7.85. The van der Waals surface area contributed by atoms with E-state index in [1.165, 1.54) is 6.92 Å². The maximum Gasteiger partial charge on any atom is 0.0931 e. The minimum atomic E-state index is -1.56. The molecule has 17 heavy (non-hydrogen) atoms. The van der Waals surface area contributed by atoms with E-state index in [0.717, 1.165) is 0 Å². The zero-order valence-corrected chi connectivity index (χ0v) is 10.2. The average Bonchev–Trinajstić information content (AvgIpc) is 2.25. The summed E-state index contributed by atoms with van der Waals surface area (Å²) < 4.78 is 0. The van der Waals surface area contributed by atoms with Crippen LogP contribution in [0.3, 0.4) is 0 Å². The molecule has 0 aromatic heterocycles. The number of hydrogen-bond donors (Lipinski definition) is 6. The van der Waals surface area contributed by atoms with Crippen LogP contribution in [-0.4, -0.2) is 67.8 Å². The predicted molar refractivity (Wildman–Crippen MR) is 61.3 cm³/mol.